The van der Waals surface area contributed by atoms with Crippen molar-refractivity contribution in [3.05, 3.63) is 35.4 Å². The number of halogens is 2. The van der Waals surface area contributed by atoms with Crippen LogP contribution in [0.5, 0.6) is 0 Å². The van der Waals surface area contributed by atoms with Crippen LogP contribution in [0.2, 0.25) is 0 Å². The van der Waals surface area contributed by atoms with E-state index in [0.717, 1.165) is 12.1 Å². The van der Waals surface area contributed by atoms with Gasteiger partial charge in [0.05, 0.1) is 19.6 Å². The Morgan fingerprint density at radius 1 is 1.42 bits per heavy atom. The highest BCUT2D eigenvalue weighted by molar-refractivity contribution is 5.86. The van der Waals surface area contributed by atoms with Crippen LogP contribution in [0.1, 0.15) is 12.0 Å². The van der Waals surface area contributed by atoms with Gasteiger partial charge in [-0.25, -0.2) is 8.78 Å². The lowest BCUT2D eigenvalue weighted by molar-refractivity contribution is -0.145. The van der Waals surface area contributed by atoms with Gasteiger partial charge >= 0.3 is 5.97 Å². The Hall–Kier alpha value is -1.98. The first-order valence-corrected chi connectivity index (χ1v) is 5.81. The average molecular weight is 269 g/mol. The number of hydrogen-bond acceptors (Lipinski definition) is 3. The van der Waals surface area contributed by atoms with Gasteiger partial charge in [0, 0.05) is 18.5 Å². The molecule has 1 amide bonds. The van der Waals surface area contributed by atoms with Crippen molar-refractivity contribution in [2.45, 2.75) is 13.0 Å². The Bertz CT molecular complexity index is 498. The Balaban J connectivity index is 2.12. The molecule has 1 unspecified atom stereocenters. The molecule has 0 aliphatic carbocycles. The maximum atomic E-state index is 13.5. The standard InChI is InChI=1S/C13H13F2NO3/c1-19-13(18)8-5-12(17)16(6-8)7-9-10(14)3-2-4-11(9)15/h2-4,8H,5-7H2,1H3. The number of likely N-dealkylation sites (tertiary alicyclic amines) is 1. The van der Waals surface area contributed by atoms with E-state index in [9.17, 15) is 18.4 Å². The molecular formula is C13H13F2NO3. The molecule has 4 nitrogen and oxygen atoms in total. The SMILES string of the molecule is COC(=O)C1CC(=O)N(Cc2c(F)cccc2F)C1. The van der Waals surface area contributed by atoms with Crippen molar-refractivity contribution in [3.8, 4) is 0 Å². The van der Waals surface area contributed by atoms with Crippen LogP contribution in [-0.2, 0) is 20.9 Å². The molecule has 1 aromatic rings. The summed E-state index contributed by atoms with van der Waals surface area (Å²) in [6.45, 7) is -0.0515. The van der Waals surface area contributed by atoms with E-state index < -0.39 is 23.5 Å². The Kier molecular flexibility index (Phi) is 3.78. The molecule has 0 saturated carbocycles. The van der Waals surface area contributed by atoms with Gasteiger partial charge < -0.3 is 9.64 Å². The molecule has 1 atom stereocenters. The second-order valence-electron chi connectivity index (χ2n) is 4.40. The number of amides is 1. The van der Waals surface area contributed by atoms with Crippen molar-refractivity contribution in [1.29, 1.82) is 0 Å². The lowest BCUT2D eigenvalue weighted by Gasteiger charge is -2.17. The van der Waals surface area contributed by atoms with Crippen LogP contribution in [0.4, 0.5) is 8.78 Å². The maximum absolute atomic E-state index is 13.5. The first kappa shape index (κ1) is 13.5. The summed E-state index contributed by atoms with van der Waals surface area (Å²) in [6, 6.07) is 3.53. The van der Waals surface area contributed by atoms with Crippen LogP contribution in [0, 0.1) is 17.6 Å². The second kappa shape index (κ2) is 5.34. The highest BCUT2D eigenvalue weighted by atomic mass is 19.1. The van der Waals surface area contributed by atoms with Crippen LogP contribution in [0.15, 0.2) is 18.2 Å². The van der Waals surface area contributed by atoms with Gasteiger partial charge in [-0.2, -0.15) is 0 Å². The molecule has 1 fully saturated rings. The topological polar surface area (TPSA) is 46.6 Å². The third-order valence-corrected chi connectivity index (χ3v) is 3.16. The van der Waals surface area contributed by atoms with E-state index >= 15 is 0 Å². The molecular weight excluding hydrogens is 256 g/mol. The summed E-state index contributed by atoms with van der Waals surface area (Å²) in [7, 11) is 1.24. The third kappa shape index (κ3) is 2.72. The summed E-state index contributed by atoms with van der Waals surface area (Å²) >= 11 is 0. The number of carbonyl (C=O) groups excluding carboxylic acids is 2. The minimum absolute atomic E-state index is 0.0166. The maximum Gasteiger partial charge on any atom is 0.310 e. The smallest absolute Gasteiger partial charge is 0.310 e. The van der Waals surface area contributed by atoms with Crippen molar-refractivity contribution in [2.24, 2.45) is 5.92 Å². The van der Waals surface area contributed by atoms with Crippen molar-refractivity contribution >= 4 is 11.9 Å². The number of nitrogens with zero attached hydrogens (tertiary/aromatic N) is 1. The van der Waals surface area contributed by atoms with E-state index in [-0.39, 0.29) is 31.0 Å². The minimum Gasteiger partial charge on any atom is -0.469 e. The summed E-state index contributed by atoms with van der Waals surface area (Å²) < 4.78 is 31.5. The summed E-state index contributed by atoms with van der Waals surface area (Å²) in [5.74, 6) is -2.75. The molecule has 6 heteroatoms. The summed E-state index contributed by atoms with van der Waals surface area (Å²) in [5, 5.41) is 0. The normalized spacial score (nSPS) is 18.8. The molecule has 0 radical (unpaired) electrons. The van der Waals surface area contributed by atoms with E-state index in [0.29, 0.717) is 0 Å². The monoisotopic (exact) mass is 269 g/mol. The van der Waals surface area contributed by atoms with Crippen LogP contribution in [0.3, 0.4) is 0 Å². The Morgan fingerprint density at radius 3 is 2.63 bits per heavy atom. The molecule has 1 saturated heterocycles. The molecule has 102 valence electrons. The number of rotatable bonds is 3. The van der Waals surface area contributed by atoms with E-state index in [1.54, 1.807) is 0 Å². The fraction of sp³-hybridized carbons (Fsp3) is 0.385. The molecule has 0 N–H and O–H groups in total. The lowest BCUT2D eigenvalue weighted by atomic mass is 10.1. The number of esters is 1. The van der Waals surface area contributed by atoms with Crippen molar-refractivity contribution < 1.29 is 23.1 Å². The van der Waals surface area contributed by atoms with Crippen molar-refractivity contribution in [2.75, 3.05) is 13.7 Å². The van der Waals surface area contributed by atoms with Gasteiger partial charge in [-0.15, -0.1) is 0 Å². The number of hydrogen-bond donors (Lipinski definition) is 0. The molecule has 1 heterocycles. The molecule has 2 rings (SSSR count). The van der Waals surface area contributed by atoms with E-state index in [2.05, 4.69) is 4.74 Å². The van der Waals surface area contributed by atoms with Crippen molar-refractivity contribution in [1.82, 2.24) is 4.90 Å². The zero-order valence-corrected chi connectivity index (χ0v) is 10.4. The van der Waals surface area contributed by atoms with Gasteiger partial charge in [-0.3, -0.25) is 9.59 Å². The molecule has 0 aromatic heterocycles. The molecule has 0 bridgehead atoms. The summed E-state index contributed by atoms with van der Waals surface area (Å²) in [5.41, 5.74) is -0.165. The van der Waals surface area contributed by atoms with Crippen LogP contribution in [0.25, 0.3) is 0 Å². The van der Waals surface area contributed by atoms with Crippen LogP contribution >= 0.6 is 0 Å². The first-order chi connectivity index (χ1) is 9.02. The predicted molar refractivity (Wildman–Crippen MR) is 61.9 cm³/mol. The molecule has 0 spiro atoms. The number of methoxy groups -OCH3 is 1. The van der Waals surface area contributed by atoms with Gasteiger partial charge in [0.25, 0.3) is 0 Å². The summed E-state index contributed by atoms with van der Waals surface area (Å²) in [4.78, 5) is 24.3. The number of benzene rings is 1. The molecule has 1 aliphatic rings. The van der Waals surface area contributed by atoms with Crippen molar-refractivity contribution in [3.63, 3.8) is 0 Å². The Morgan fingerprint density at radius 2 is 2.05 bits per heavy atom. The molecule has 1 aromatic carbocycles. The van der Waals surface area contributed by atoms with Gasteiger partial charge in [0.2, 0.25) is 5.91 Å². The van der Waals surface area contributed by atoms with Gasteiger partial charge in [0.1, 0.15) is 11.6 Å². The zero-order valence-electron chi connectivity index (χ0n) is 10.4. The van der Waals surface area contributed by atoms with Gasteiger partial charge in [-0.1, -0.05) is 6.07 Å². The number of ether oxygens (including phenoxy) is 1. The van der Waals surface area contributed by atoms with Crippen LogP contribution < -0.4 is 0 Å². The molecule has 1 aliphatic heterocycles. The fourth-order valence-corrected chi connectivity index (χ4v) is 2.12. The first-order valence-electron chi connectivity index (χ1n) is 5.81. The minimum atomic E-state index is -0.700. The zero-order chi connectivity index (χ0) is 14.0. The summed E-state index contributed by atoms with van der Waals surface area (Å²) in [6.07, 6.45) is 0.0166. The van der Waals surface area contributed by atoms with Gasteiger partial charge in [0.15, 0.2) is 0 Å². The van der Waals surface area contributed by atoms with Crippen LogP contribution in [-0.4, -0.2) is 30.4 Å². The van der Waals surface area contributed by atoms with E-state index in [4.69, 9.17) is 0 Å². The van der Waals surface area contributed by atoms with E-state index in [1.807, 2.05) is 0 Å². The highest BCUT2D eigenvalue weighted by Crippen LogP contribution is 2.23. The fourth-order valence-electron chi connectivity index (χ4n) is 2.12. The van der Waals surface area contributed by atoms with Gasteiger partial charge in [-0.05, 0) is 12.1 Å². The second-order valence-corrected chi connectivity index (χ2v) is 4.40. The average Bonchev–Trinajstić information content (AvgIpc) is 2.74. The lowest BCUT2D eigenvalue weighted by Crippen LogP contribution is -2.27. The third-order valence-electron chi connectivity index (χ3n) is 3.16. The Labute approximate surface area is 109 Å². The van der Waals surface area contributed by atoms with E-state index in [1.165, 1.54) is 18.1 Å². The quantitative estimate of drug-likeness (QED) is 0.781. The number of carbonyl (C=O) groups is 2. The predicted octanol–water partition coefficient (Wildman–Crippen LogP) is 1.49. The largest absolute Gasteiger partial charge is 0.469 e. The highest BCUT2D eigenvalue weighted by Gasteiger charge is 2.35. The molecule has 19 heavy (non-hydrogen) atoms.